The summed E-state index contributed by atoms with van der Waals surface area (Å²) in [5.41, 5.74) is 4.03. The molecule has 4 nitrogen and oxygen atoms in total. The number of hydrogen-bond acceptors (Lipinski definition) is 5. The Morgan fingerprint density at radius 2 is 2.26 bits per heavy atom. The summed E-state index contributed by atoms with van der Waals surface area (Å²) >= 11 is 1.66. The predicted octanol–water partition coefficient (Wildman–Crippen LogP) is 2.94. The first-order chi connectivity index (χ1) is 9.26. The van der Waals surface area contributed by atoms with Crippen molar-refractivity contribution in [3.05, 3.63) is 40.1 Å². The number of thiazole rings is 1. The zero-order chi connectivity index (χ0) is 13.7. The molecule has 5 heteroatoms. The molecular formula is C14H19N3OS. The first-order valence-electron chi connectivity index (χ1n) is 6.41. The summed E-state index contributed by atoms with van der Waals surface area (Å²) in [7, 11) is 1.95. The van der Waals surface area contributed by atoms with Crippen LogP contribution in [0.5, 0.6) is 5.75 Å². The van der Waals surface area contributed by atoms with Gasteiger partial charge in [0.15, 0.2) is 0 Å². The van der Waals surface area contributed by atoms with E-state index >= 15 is 0 Å². The number of aromatic nitrogens is 2. The highest BCUT2D eigenvalue weighted by Crippen LogP contribution is 2.28. The van der Waals surface area contributed by atoms with Gasteiger partial charge in [-0.3, -0.25) is 4.98 Å². The molecule has 0 saturated carbocycles. The molecule has 0 fully saturated rings. The lowest BCUT2D eigenvalue weighted by Gasteiger charge is -2.16. The quantitative estimate of drug-likeness (QED) is 0.882. The monoisotopic (exact) mass is 277 g/mol. The van der Waals surface area contributed by atoms with Gasteiger partial charge in [0, 0.05) is 11.1 Å². The molecule has 0 bridgehead atoms. The molecule has 2 aromatic heterocycles. The number of hydrogen-bond donors (Lipinski definition) is 1. The van der Waals surface area contributed by atoms with Crippen molar-refractivity contribution in [3.63, 3.8) is 0 Å². The molecule has 1 N–H and O–H groups in total. The maximum atomic E-state index is 5.64. The Morgan fingerprint density at radius 3 is 2.89 bits per heavy atom. The average Bonchev–Trinajstić information content (AvgIpc) is 2.84. The summed E-state index contributed by atoms with van der Waals surface area (Å²) in [4.78, 5) is 9.79. The molecular weight excluding hydrogens is 258 g/mol. The number of rotatable bonds is 6. The molecule has 1 atom stereocenters. The molecule has 0 spiro atoms. The topological polar surface area (TPSA) is 47.0 Å². The van der Waals surface area contributed by atoms with Crippen molar-refractivity contribution < 1.29 is 4.74 Å². The lowest BCUT2D eigenvalue weighted by molar-refractivity contribution is 0.315. The van der Waals surface area contributed by atoms with Crippen molar-refractivity contribution in [2.24, 2.45) is 0 Å². The molecule has 0 radical (unpaired) electrons. The Labute approximate surface area is 117 Å². The third-order valence-electron chi connectivity index (χ3n) is 2.87. The van der Waals surface area contributed by atoms with Crippen LogP contribution in [0.3, 0.4) is 0 Å². The van der Waals surface area contributed by atoms with Crippen molar-refractivity contribution in [3.8, 4) is 5.75 Å². The van der Waals surface area contributed by atoms with Crippen LogP contribution in [-0.4, -0.2) is 23.6 Å². The maximum absolute atomic E-state index is 5.64. The molecule has 2 heterocycles. The second-order valence-corrected chi connectivity index (χ2v) is 5.21. The molecule has 0 aliphatic rings. The fraction of sp³-hybridized carbons (Fsp3) is 0.429. The van der Waals surface area contributed by atoms with Crippen LogP contribution in [-0.2, 0) is 0 Å². The largest absolute Gasteiger partial charge is 0.492 e. The highest BCUT2D eigenvalue weighted by Gasteiger charge is 2.17. The summed E-state index contributed by atoms with van der Waals surface area (Å²) in [5.74, 6) is 0.821. The van der Waals surface area contributed by atoms with Gasteiger partial charge in [-0.2, -0.15) is 0 Å². The summed E-state index contributed by atoms with van der Waals surface area (Å²) in [6, 6.07) is 2.16. The molecule has 0 amide bonds. The van der Waals surface area contributed by atoms with Crippen molar-refractivity contribution in [2.75, 3.05) is 13.7 Å². The van der Waals surface area contributed by atoms with E-state index in [1.54, 1.807) is 17.5 Å². The molecule has 0 aromatic carbocycles. The van der Waals surface area contributed by atoms with Gasteiger partial charge < -0.3 is 10.1 Å². The van der Waals surface area contributed by atoms with Crippen LogP contribution in [0.25, 0.3) is 0 Å². The van der Waals surface area contributed by atoms with Crippen molar-refractivity contribution in [2.45, 2.75) is 26.3 Å². The van der Waals surface area contributed by atoms with E-state index < -0.39 is 0 Å². The molecule has 0 saturated heterocycles. The fourth-order valence-corrected chi connectivity index (χ4v) is 2.87. The molecule has 0 aliphatic carbocycles. The zero-order valence-corrected chi connectivity index (χ0v) is 12.3. The standard InChI is InChI=1S/C14H19N3OS/c1-4-5-18-12-6-11(7-16-8-12)13(15-3)14-10(2)17-9-19-14/h6-9,13,15H,4-5H2,1-3H3. The number of aryl methyl sites for hydroxylation is 1. The van der Waals surface area contributed by atoms with Gasteiger partial charge in [0.05, 0.1) is 30.1 Å². The third-order valence-corrected chi connectivity index (χ3v) is 3.87. The van der Waals surface area contributed by atoms with Gasteiger partial charge in [0.2, 0.25) is 0 Å². The first kappa shape index (κ1) is 14.0. The highest BCUT2D eigenvalue weighted by molar-refractivity contribution is 7.09. The smallest absolute Gasteiger partial charge is 0.137 e. The van der Waals surface area contributed by atoms with E-state index in [0.717, 1.165) is 30.0 Å². The molecule has 2 aromatic rings. The van der Waals surface area contributed by atoms with Gasteiger partial charge in [-0.15, -0.1) is 11.3 Å². The lowest BCUT2D eigenvalue weighted by Crippen LogP contribution is -2.17. The Morgan fingerprint density at radius 1 is 1.42 bits per heavy atom. The number of nitrogens with zero attached hydrogens (tertiary/aromatic N) is 2. The fourth-order valence-electron chi connectivity index (χ4n) is 1.93. The van der Waals surface area contributed by atoms with Crippen molar-refractivity contribution in [1.82, 2.24) is 15.3 Å². The van der Waals surface area contributed by atoms with Crippen LogP contribution < -0.4 is 10.1 Å². The zero-order valence-electron chi connectivity index (χ0n) is 11.5. The third kappa shape index (κ3) is 3.30. The number of nitrogens with one attached hydrogen (secondary N) is 1. The van der Waals surface area contributed by atoms with Crippen molar-refractivity contribution >= 4 is 11.3 Å². The van der Waals surface area contributed by atoms with E-state index in [1.165, 1.54) is 4.88 Å². The Hall–Kier alpha value is -1.46. The minimum atomic E-state index is 0.116. The Kier molecular flexibility index (Phi) is 4.87. The minimum Gasteiger partial charge on any atom is -0.492 e. The number of pyridine rings is 1. The van der Waals surface area contributed by atoms with E-state index in [0.29, 0.717) is 0 Å². The second kappa shape index (κ2) is 6.63. The van der Waals surface area contributed by atoms with E-state index in [4.69, 9.17) is 4.74 Å². The summed E-state index contributed by atoms with van der Waals surface area (Å²) in [6.07, 6.45) is 4.62. The molecule has 102 valence electrons. The van der Waals surface area contributed by atoms with E-state index in [1.807, 2.05) is 31.7 Å². The second-order valence-electron chi connectivity index (χ2n) is 4.33. The van der Waals surface area contributed by atoms with E-state index in [2.05, 4.69) is 22.2 Å². The normalized spacial score (nSPS) is 12.4. The highest BCUT2D eigenvalue weighted by atomic mass is 32.1. The Balaban J connectivity index is 2.26. The van der Waals surface area contributed by atoms with E-state index in [9.17, 15) is 0 Å². The summed E-state index contributed by atoms with van der Waals surface area (Å²) < 4.78 is 5.64. The molecule has 19 heavy (non-hydrogen) atoms. The SMILES string of the molecule is CCCOc1cncc(C(NC)c2scnc2C)c1. The summed E-state index contributed by atoms with van der Waals surface area (Å²) in [6.45, 7) is 4.84. The maximum Gasteiger partial charge on any atom is 0.137 e. The van der Waals surface area contributed by atoms with E-state index in [-0.39, 0.29) is 6.04 Å². The van der Waals surface area contributed by atoms with Gasteiger partial charge in [0.25, 0.3) is 0 Å². The first-order valence-corrected chi connectivity index (χ1v) is 7.29. The van der Waals surface area contributed by atoms with Gasteiger partial charge in [0.1, 0.15) is 5.75 Å². The van der Waals surface area contributed by atoms with Crippen LogP contribution in [0, 0.1) is 6.92 Å². The predicted molar refractivity (Wildman–Crippen MR) is 77.8 cm³/mol. The van der Waals surface area contributed by atoms with Crippen LogP contribution >= 0.6 is 11.3 Å². The van der Waals surface area contributed by atoms with Crippen molar-refractivity contribution in [1.29, 1.82) is 0 Å². The van der Waals surface area contributed by atoms with Crippen LogP contribution in [0.2, 0.25) is 0 Å². The average molecular weight is 277 g/mol. The molecule has 0 aliphatic heterocycles. The molecule has 2 rings (SSSR count). The summed E-state index contributed by atoms with van der Waals surface area (Å²) in [5, 5.41) is 3.32. The molecule has 1 unspecified atom stereocenters. The number of ether oxygens (including phenoxy) is 1. The van der Waals surface area contributed by atoms with Crippen LogP contribution in [0.4, 0.5) is 0 Å². The van der Waals surface area contributed by atoms with Gasteiger partial charge in [-0.25, -0.2) is 4.98 Å². The van der Waals surface area contributed by atoms with Gasteiger partial charge in [-0.05, 0) is 32.0 Å². The van der Waals surface area contributed by atoms with Crippen LogP contribution in [0.1, 0.15) is 35.5 Å². The van der Waals surface area contributed by atoms with Gasteiger partial charge >= 0.3 is 0 Å². The minimum absolute atomic E-state index is 0.116. The van der Waals surface area contributed by atoms with Gasteiger partial charge in [-0.1, -0.05) is 6.92 Å². The lowest BCUT2D eigenvalue weighted by atomic mass is 10.1. The Bertz CT molecular complexity index is 527. The van der Waals surface area contributed by atoms with Crippen LogP contribution in [0.15, 0.2) is 24.0 Å².